The fourth-order valence-corrected chi connectivity index (χ4v) is 4.83. The van der Waals surface area contributed by atoms with Crippen molar-refractivity contribution in [1.82, 2.24) is 0 Å². The Kier molecular flexibility index (Phi) is 7.68. The normalized spacial score (nSPS) is 14.0. The third-order valence-electron chi connectivity index (χ3n) is 5.37. The average Bonchev–Trinajstić information content (AvgIpc) is 3.10. The molecule has 7 nitrogen and oxygen atoms in total. The number of thiophene rings is 1. The van der Waals surface area contributed by atoms with Crippen molar-refractivity contribution >= 4 is 39.8 Å². The monoisotopic (exact) mass is 444 g/mol. The highest BCUT2D eigenvalue weighted by Gasteiger charge is 2.29. The lowest BCUT2D eigenvalue weighted by atomic mass is 9.89. The van der Waals surface area contributed by atoms with Gasteiger partial charge in [0.1, 0.15) is 10.8 Å². The lowest BCUT2D eigenvalue weighted by molar-refractivity contribution is -0.120. The molecule has 166 valence electrons. The summed E-state index contributed by atoms with van der Waals surface area (Å²) in [4.78, 5) is 38.7. The molecule has 0 aliphatic heterocycles. The first kappa shape index (κ1) is 22.8. The van der Waals surface area contributed by atoms with Gasteiger partial charge in [-0.15, -0.1) is 11.3 Å². The van der Waals surface area contributed by atoms with E-state index in [0.717, 1.165) is 43.4 Å². The Morgan fingerprint density at radius 2 is 1.87 bits per heavy atom. The van der Waals surface area contributed by atoms with Crippen LogP contribution in [-0.2, 0) is 9.53 Å². The first-order valence-corrected chi connectivity index (χ1v) is 11.3. The number of amides is 2. The van der Waals surface area contributed by atoms with Crippen LogP contribution >= 0.6 is 11.3 Å². The molecule has 0 spiro atoms. The summed E-state index contributed by atoms with van der Waals surface area (Å²) < 4.78 is 10.4. The number of hydrogen-bond donors (Lipinski definition) is 2. The molecule has 2 amide bonds. The second kappa shape index (κ2) is 10.4. The summed E-state index contributed by atoms with van der Waals surface area (Å²) in [6.07, 6.45) is 4.88. The van der Waals surface area contributed by atoms with E-state index in [0.29, 0.717) is 26.9 Å². The van der Waals surface area contributed by atoms with Crippen molar-refractivity contribution in [2.45, 2.75) is 46.0 Å². The van der Waals surface area contributed by atoms with Crippen LogP contribution in [0.1, 0.15) is 64.6 Å². The molecule has 31 heavy (non-hydrogen) atoms. The van der Waals surface area contributed by atoms with Crippen LogP contribution in [0.4, 0.5) is 10.7 Å². The third kappa shape index (κ3) is 5.44. The zero-order chi connectivity index (χ0) is 22.4. The van der Waals surface area contributed by atoms with Crippen molar-refractivity contribution in [2.75, 3.05) is 24.4 Å². The second-order valence-corrected chi connectivity index (χ2v) is 8.51. The maximum absolute atomic E-state index is 13.0. The van der Waals surface area contributed by atoms with Crippen molar-refractivity contribution in [2.24, 2.45) is 5.92 Å². The quantitative estimate of drug-likeness (QED) is 0.585. The van der Waals surface area contributed by atoms with Gasteiger partial charge in [0.15, 0.2) is 0 Å². The van der Waals surface area contributed by atoms with Gasteiger partial charge in [-0.1, -0.05) is 25.3 Å². The van der Waals surface area contributed by atoms with E-state index in [9.17, 15) is 14.4 Å². The minimum absolute atomic E-state index is 0.0692. The van der Waals surface area contributed by atoms with Crippen LogP contribution in [-0.4, -0.2) is 31.5 Å². The lowest BCUT2D eigenvalue weighted by Gasteiger charge is -2.20. The minimum Gasteiger partial charge on any atom is -0.497 e. The van der Waals surface area contributed by atoms with Crippen LogP contribution in [0.3, 0.4) is 0 Å². The van der Waals surface area contributed by atoms with E-state index in [1.54, 1.807) is 45.2 Å². The zero-order valence-corrected chi connectivity index (χ0v) is 18.9. The molecule has 2 N–H and O–H groups in total. The van der Waals surface area contributed by atoms with Gasteiger partial charge in [0.05, 0.1) is 24.2 Å². The zero-order valence-electron chi connectivity index (χ0n) is 18.1. The van der Waals surface area contributed by atoms with Gasteiger partial charge in [-0.3, -0.25) is 9.59 Å². The highest BCUT2D eigenvalue weighted by atomic mass is 32.1. The minimum atomic E-state index is -0.546. The molecule has 0 atom stereocenters. The van der Waals surface area contributed by atoms with E-state index in [2.05, 4.69) is 10.6 Å². The number of hydrogen-bond acceptors (Lipinski definition) is 6. The number of ether oxygens (including phenoxy) is 2. The summed E-state index contributed by atoms with van der Waals surface area (Å²) in [6.45, 7) is 3.62. The maximum Gasteiger partial charge on any atom is 0.341 e. The number of carbonyl (C=O) groups is 3. The van der Waals surface area contributed by atoms with Gasteiger partial charge in [-0.25, -0.2) is 4.79 Å². The Balaban J connectivity index is 1.87. The number of esters is 1. The van der Waals surface area contributed by atoms with Gasteiger partial charge < -0.3 is 20.1 Å². The largest absolute Gasteiger partial charge is 0.497 e. The molecule has 0 saturated heterocycles. The molecule has 1 aromatic heterocycles. The van der Waals surface area contributed by atoms with Crippen molar-refractivity contribution in [3.63, 3.8) is 0 Å². The molecular weight excluding hydrogens is 416 g/mol. The maximum atomic E-state index is 13.0. The van der Waals surface area contributed by atoms with Gasteiger partial charge in [-0.2, -0.15) is 0 Å². The number of benzene rings is 1. The average molecular weight is 445 g/mol. The Hall–Kier alpha value is -2.87. The SMILES string of the molecule is CCOC(=O)c1c(NC(=O)C2CCCCC2)sc(C(=O)Nc2cccc(OC)c2)c1C. The number of carbonyl (C=O) groups excluding carboxylic acids is 3. The van der Waals surface area contributed by atoms with Gasteiger partial charge in [-0.05, 0) is 44.4 Å². The molecule has 1 saturated carbocycles. The standard InChI is InChI=1S/C23H28N2O5S/c1-4-30-23(28)18-14(2)19(21(27)24-16-11-8-12-17(13-16)29-3)31-22(18)25-20(26)15-9-6-5-7-10-15/h8,11-13,15H,4-7,9-10H2,1-3H3,(H,24,27)(H,25,26). The summed E-state index contributed by atoms with van der Waals surface area (Å²) in [5.41, 5.74) is 1.30. The molecular formula is C23H28N2O5S. The molecule has 8 heteroatoms. The van der Waals surface area contributed by atoms with Crippen LogP contribution in [0, 0.1) is 12.8 Å². The molecule has 1 fully saturated rings. The van der Waals surface area contributed by atoms with Crippen LogP contribution < -0.4 is 15.4 Å². The van der Waals surface area contributed by atoms with Crippen LogP contribution in [0.15, 0.2) is 24.3 Å². The Morgan fingerprint density at radius 1 is 1.13 bits per heavy atom. The van der Waals surface area contributed by atoms with E-state index in [4.69, 9.17) is 9.47 Å². The lowest BCUT2D eigenvalue weighted by Crippen LogP contribution is -2.25. The van der Waals surface area contributed by atoms with E-state index in [1.165, 1.54) is 0 Å². The number of nitrogens with one attached hydrogen (secondary N) is 2. The van der Waals surface area contributed by atoms with Crippen molar-refractivity contribution in [1.29, 1.82) is 0 Å². The molecule has 1 heterocycles. The highest BCUT2D eigenvalue weighted by molar-refractivity contribution is 7.19. The molecule has 1 aliphatic carbocycles. The molecule has 3 rings (SSSR count). The van der Waals surface area contributed by atoms with E-state index < -0.39 is 5.97 Å². The Morgan fingerprint density at radius 3 is 2.55 bits per heavy atom. The Bertz CT molecular complexity index is 963. The molecule has 0 unspecified atom stereocenters. The van der Waals surface area contributed by atoms with Crippen molar-refractivity contribution in [3.8, 4) is 5.75 Å². The van der Waals surface area contributed by atoms with Crippen molar-refractivity contribution < 1.29 is 23.9 Å². The summed E-state index contributed by atoms with van der Waals surface area (Å²) in [5.74, 6) is -0.463. The first-order chi connectivity index (χ1) is 14.9. The van der Waals surface area contributed by atoms with E-state index in [1.807, 2.05) is 0 Å². The van der Waals surface area contributed by atoms with E-state index in [-0.39, 0.29) is 29.9 Å². The summed E-state index contributed by atoms with van der Waals surface area (Å²) in [7, 11) is 1.55. The topological polar surface area (TPSA) is 93.7 Å². The molecule has 1 aliphatic rings. The van der Waals surface area contributed by atoms with E-state index >= 15 is 0 Å². The Labute approximate surface area is 186 Å². The molecule has 1 aromatic carbocycles. The summed E-state index contributed by atoms with van der Waals surface area (Å²) in [5, 5.41) is 6.09. The van der Waals surface area contributed by atoms with Gasteiger partial charge in [0.2, 0.25) is 5.91 Å². The van der Waals surface area contributed by atoms with Crippen LogP contribution in [0.5, 0.6) is 5.75 Å². The van der Waals surface area contributed by atoms with Crippen molar-refractivity contribution in [3.05, 3.63) is 40.3 Å². The van der Waals surface area contributed by atoms with Crippen LogP contribution in [0.25, 0.3) is 0 Å². The fraction of sp³-hybridized carbons (Fsp3) is 0.435. The second-order valence-electron chi connectivity index (χ2n) is 7.49. The summed E-state index contributed by atoms with van der Waals surface area (Å²) in [6, 6.07) is 7.01. The van der Waals surface area contributed by atoms with Gasteiger partial charge >= 0.3 is 5.97 Å². The predicted molar refractivity (Wildman–Crippen MR) is 121 cm³/mol. The first-order valence-electron chi connectivity index (χ1n) is 10.5. The molecule has 0 radical (unpaired) electrons. The summed E-state index contributed by atoms with van der Waals surface area (Å²) >= 11 is 1.09. The van der Waals surface area contributed by atoms with Crippen LogP contribution in [0.2, 0.25) is 0 Å². The third-order valence-corrected chi connectivity index (χ3v) is 6.58. The number of methoxy groups -OCH3 is 1. The molecule has 0 bridgehead atoms. The van der Waals surface area contributed by atoms with Gasteiger partial charge in [0.25, 0.3) is 5.91 Å². The number of rotatable bonds is 7. The predicted octanol–water partition coefficient (Wildman–Crippen LogP) is 5.01. The highest BCUT2D eigenvalue weighted by Crippen LogP contribution is 2.35. The smallest absolute Gasteiger partial charge is 0.341 e. The molecule has 2 aromatic rings. The van der Waals surface area contributed by atoms with Gasteiger partial charge in [0, 0.05) is 17.7 Å². The number of anilines is 2. The fourth-order valence-electron chi connectivity index (χ4n) is 3.73.